The molecule has 0 radical (unpaired) electrons. The number of rotatable bonds is 4. The van der Waals surface area contributed by atoms with E-state index in [0.717, 1.165) is 38.2 Å². The molecule has 5 nitrogen and oxygen atoms in total. The standard InChI is InChI=1S/C24H31N5/c1-27-23-13-15-28(14-12-22(23)24(26-27)19-8-4-2-5-9-19)17-21-16-25-18-29(21)20-10-6-3-7-11-20/h2,4-5,8-9,16,18,20H,3,6-7,10-15,17H2,1H3. The van der Waals surface area contributed by atoms with Gasteiger partial charge in [0.1, 0.15) is 0 Å². The summed E-state index contributed by atoms with van der Waals surface area (Å²) in [5, 5.41) is 4.86. The van der Waals surface area contributed by atoms with E-state index in [1.807, 2.05) is 0 Å². The van der Waals surface area contributed by atoms with Gasteiger partial charge in [-0.2, -0.15) is 5.10 Å². The zero-order valence-electron chi connectivity index (χ0n) is 17.4. The summed E-state index contributed by atoms with van der Waals surface area (Å²) in [6.45, 7) is 3.16. The van der Waals surface area contributed by atoms with E-state index in [2.05, 4.69) is 69.0 Å². The van der Waals surface area contributed by atoms with Crippen molar-refractivity contribution in [3.05, 3.63) is 59.8 Å². The molecular formula is C24H31N5. The van der Waals surface area contributed by atoms with E-state index in [1.165, 1.54) is 54.6 Å². The average Bonchev–Trinajstić information content (AvgIpc) is 3.28. The Morgan fingerprint density at radius 3 is 2.62 bits per heavy atom. The van der Waals surface area contributed by atoms with Gasteiger partial charge in [-0.15, -0.1) is 0 Å². The van der Waals surface area contributed by atoms with Crippen molar-refractivity contribution in [3.63, 3.8) is 0 Å². The molecule has 0 saturated heterocycles. The second kappa shape index (κ2) is 8.15. The van der Waals surface area contributed by atoms with E-state index in [1.54, 1.807) is 0 Å². The van der Waals surface area contributed by atoms with Crippen LogP contribution in [0.1, 0.15) is 55.1 Å². The third-order valence-electron chi connectivity index (χ3n) is 6.76. The lowest BCUT2D eigenvalue weighted by atomic mass is 9.95. The third kappa shape index (κ3) is 3.76. The van der Waals surface area contributed by atoms with E-state index >= 15 is 0 Å². The van der Waals surface area contributed by atoms with Crippen molar-refractivity contribution in [2.24, 2.45) is 7.05 Å². The summed E-state index contributed by atoms with van der Waals surface area (Å²) < 4.78 is 4.57. The molecule has 0 amide bonds. The highest BCUT2D eigenvalue weighted by Crippen LogP contribution is 2.31. The van der Waals surface area contributed by atoms with E-state index < -0.39 is 0 Å². The highest BCUT2D eigenvalue weighted by molar-refractivity contribution is 5.64. The van der Waals surface area contributed by atoms with Crippen LogP contribution in [0.15, 0.2) is 42.9 Å². The van der Waals surface area contributed by atoms with Gasteiger partial charge >= 0.3 is 0 Å². The number of aryl methyl sites for hydroxylation is 1. The first-order chi connectivity index (χ1) is 14.3. The number of imidazole rings is 1. The molecule has 0 unspecified atom stereocenters. The van der Waals surface area contributed by atoms with Crippen LogP contribution < -0.4 is 0 Å². The summed E-state index contributed by atoms with van der Waals surface area (Å²) in [6, 6.07) is 11.3. The molecule has 3 heterocycles. The molecule has 1 aromatic carbocycles. The van der Waals surface area contributed by atoms with E-state index in [-0.39, 0.29) is 0 Å². The maximum Gasteiger partial charge on any atom is 0.0958 e. The molecule has 0 spiro atoms. The van der Waals surface area contributed by atoms with Gasteiger partial charge in [0.15, 0.2) is 0 Å². The predicted octanol–water partition coefficient (Wildman–Crippen LogP) is 4.39. The smallest absolute Gasteiger partial charge is 0.0958 e. The Bertz CT molecular complexity index is 949. The molecular weight excluding hydrogens is 358 g/mol. The number of benzene rings is 1. The summed E-state index contributed by atoms with van der Waals surface area (Å²) in [5.74, 6) is 0. The third-order valence-corrected chi connectivity index (χ3v) is 6.76. The number of fused-ring (bicyclic) bond motifs is 1. The zero-order chi connectivity index (χ0) is 19.6. The Morgan fingerprint density at radius 1 is 1.00 bits per heavy atom. The summed E-state index contributed by atoms with van der Waals surface area (Å²) in [6.07, 6.45) is 13.0. The Labute approximate surface area is 173 Å². The molecule has 152 valence electrons. The maximum absolute atomic E-state index is 4.86. The fourth-order valence-electron chi connectivity index (χ4n) is 5.18. The van der Waals surface area contributed by atoms with Crippen molar-refractivity contribution < 1.29 is 0 Å². The Hall–Kier alpha value is -2.40. The first kappa shape index (κ1) is 18.6. The average molecular weight is 390 g/mol. The maximum atomic E-state index is 4.86. The fourth-order valence-corrected chi connectivity index (χ4v) is 5.18. The highest BCUT2D eigenvalue weighted by Gasteiger charge is 2.24. The molecule has 3 aromatic rings. The minimum absolute atomic E-state index is 0.652. The topological polar surface area (TPSA) is 38.9 Å². The van der Waals surface area contributed by atoms with Gasteiger partial charge < -0.3 is 4.57 Å². The summed E-state index contributed by atoms with van der Waals surface area (Å²) in [4.78, 5) is 7.11. The molecule has 0 bridgehead atoms. The van der Waals surface area contributed by atoms with Gasteiger partial charge in [0.2, 0.25) is 0 Å². The minimum atomic E-state index is 0.652. The molecule has 5 heteroatoms. The first-order valence-corrected chi connectivity index (χ1v) is 11.1. The number of hydrogen-bond donors (Lipinski definition) is 0. The fraction of sp³-hybridized carbons (Fsp3) is 0.500. The van der Waals surface area contributed by atoms with Gasteiger partial charge in [0, 0.05) is 62.2 Å². The molecule has 1 saturated carbocycles. The van der Waals surface area contributed by atoms with Crippen LogP contribution in [0.25, 0.3) is 11.3 Å². The molecule has 5 rings (SSSR count). The van der Waals surface area contributed by atoms with E-state index in [4.69, 9.17) is 5.10 Å². The van der Waals surface area contributed by atoms with Crippen molar-refractivity contribution >= 4 is 0 Å². The van der Waals surface area contributed by atoms with Crippen LogP contribution in [-0.2, 0) is 26.4 Å². The minimum Gasteiger partial charge on any atom is -0.330 e. The van der Waals surface area contributed by atoms with Crippen molar-refractivity contribution in [2.75, 3.05) is 13.1 Å². The van der Waals surface area contributed by atoms with Crippen LogP contribution in [0.2, 0.25) is 0 Å². The second-order valence-electron chi connectivity index (χ2n) is 8.62. The van der Waals surface area contributed by atoms with Crippen LogP contribution in [0.5, 0.6) is 0 Å². The number of hydrogen-bond acceptors (Lipinski definition) is 3. The van der Waals surface area contributed by atoms with Gasteiger partial charge in [-0.05, 0) is 19.3 Å². The van der Waals surface area contributed by atoms with Crippen molar-refractivity contribution in [1.82, 2.24) is 24.2 Å². The monoisotopic (exact) mass is 389 g/mol. The lowest BCUT2D eigenvalue weighted by molar-refractivity contribution is 0.260. The lowest BCUT2D eigenvalue weighted by Gasteiger charge is -2.27. The molecule has 29 heavy (non-hydrogen) atoms. The molecule has 2 aromatic heterocycles. The van der Waals surface area contributed by atoms with Crippen molar-refractivity contribution in [3.8, 4) is 11.3 Å². The molecule has 0 atom stereocenters. The number of aromatic nitrogens is 4. The van der Waals surface area contributed by atoms with Crippen LogP contribution in [0.3, 0.4) is 0 Å². The number of nitrogens with zero attached hydrogens (tertiary/aromatic N) is 5. The van der Waals surface area contributed by atoms with Gasteiger partial charge in [-0.25, -0.2) is 4.98 Å². The summed E-state index contributed by atoms with van der Waals surface area (Å²) >= 11 is 0. The summed E-state index contributed by atoms with van der Waals surface area (Å²) in [5.41, 5.74) is 6.60. The molecule has 1 aliphatic carbocycles. The van der Waals surface area contributed by atoms with Gasteiger partial charge in [0.25, 0.3) is 0 Å². The normalized spacial score (nSPS) is 18.5. The predicted molar refractivity (Wildman–Crippen MR) is 116 cm³/mol. The SMILES string of the molecule is Cn1nc(-c2ccccc2)c2c1CCN(Cc1cncn1C1CCCCC1)CC2. The van der Waals surface area contributed by atoms with Crippen LogP contribution in [0, 0.1) is 0 Å². The lowest BCUT2D eigenvalue weighted by Crippen LogP contribution is -2.28. The van der Waals surface area contributed by atoms with Gasteiger partial charge in [-0.3, -0.25) is 9.58 Å². The van der Waals surface area contributed by atoms with Gasteiger partial charge in [-0.1, -0.05) is 49.6 Å². The highest BCUT2D eigenvalue weighted by atomic mass is 15.3. The quantitative estimate of drug-likeness (QED) is 0.664. The van der Waals surface area contributed by atoms with Crippen molar-refractivity contribution in [1.29, 1.82) is 0 Å². The van der Waals surface area contributed by atoms with Crippen LogP contribution in [-0.4, -0.2) is 37.3 Å². The largest absolute Gasteiger partial charge is 0.330 e. The summed E-state index contributed by atoms with van der Waals surface area (Å²) in [7, 11) is 2.10. The van der Waals surface area contributed by atoms with Crippen LogP contribution >= 0.6 is 0 Å². The molecule has 0 N–H and O–H groups in total. The van der Waals surface area contributed by atoms with E-state index in [0.29, 0.717) is 6.04 Å². The first-order valence-electron chi connectivity index (χ1n) is 11.1. The second-order valence-corrected chi connectivity index (χ2v) is 8.62. The Morgan fingerprint density at radius 2 is 1.79 bits per heavy atom. The van der Waals surface area contributed by atoms with E-state index in [9.17, 15) is 0 Å². The molecule has 1 aliphatic heterocycles. The zero-order valence-corrected chi connectivity index (χ0v) is 17.4. The van der Waals surface area contributed by atoms with Crippen molar-refractivity contribution in [2.45, 2.75) is 57.5 Å². The Kier molecular flexibility index (Phi) is 5.23. The molecule has 1 fully saturated rings. The van der Waals surface area contributed by atoms with Gasteiger partial charge in [0.05, 0.1) is 17.7 Å². The Balaban J connectivity index is 1.33. The molecule has 2 aliphatic rings. The van der Waals surface area contributed by atoms with Crippen LogP contribution in [0.4, 0.5) is 0 Å².